The molecule has 1 aromatic rings. The fraction of sp³-hybridized carbons (Fsp3) is 0.562. The summed E-state index contributed by atoms with van der Waals surface area (Å²) in [6.07, 6.45) is 5.80. The third-order valence-corrected chi connectivity index (χ3v) is 4.22. The fourth-order valence-electron chi connectivity index (χ4n) is 2.66. The van der Waals surface area contributed by atoms with E-state index in [-0.39, 0.29) is 6.61 Å². The molecular formula is C16H21ClO4. The van der Waals surface area contributed by atoms with Gasteiger partial charge in [0.15, 0.2) is 5.60 Å². The summed E-state index contributed by atoms with van der Waals surface area (Å²) in [4.78, 5) is 10.9. The van der Waals surface area contributed by atoms with Crippen LogP contribution in [0.25, 0.3) is 0 Å². The van der Waals surface area contributed by atoms with Gasteiger partial charge in [-0.15, -0.1) is 0 Å². The van der Waals surface area contributed by atoms with Gasteiger partial charge in [-0.3, -0.25) is 0 Å². The van der Waals surface area contributed by atoms with Crippen LogP contribution in [0.15, 0.2) is 18.2 Å². The fourth-order valence-corrected chi connectivity index (χ4v) is 2.84. The number of carbonyl (C=O) groups is 1. The highest BCUT2D eigenvalue weighted by atomic mass is 35.5. The molecule has 0 heterocycles. The molecule has 1 atom stereocenters. The maximum atomic E-state index is 10.9. The predicted molar refractivity (Wildman–Crippen MR) is 81.0 cm³/mol. The lowest BCUT2D eigenvalue weighted by Gasteiger charge is -2.26. The summed E-state index contributed by atoms with van der Waals surface area (Å²) in [6, 6.07) is 5.37. The first kappa shape index (κ1) is 16.1. The normalized spacial score (nSPS) is 19.0. The van der Waals surface area contributed by atoms with Crippen molar-refractivity contribution in [3.63, 3.8) is 0 Å². The SMILES string of the molecule is CC(O)(COc1ccc(Cl)cc1C1CCCCC1)C(=O)O. The minimum atomic E-state index is -1.90. The van der Waals surface area contributed by atoms with Crippen molar-refractivity contribution in [2.45, 2.75) is 50.5 Å². The molecule has 0 aliphatic heterocycles. The van der Waals surface area contributed by atoms with Crippen LogP contribution in [-0.2, 0) is 4.79 Å². The molecule has 0 bridgehead atoms. The Morgan fingerprint density at radius 1 is 1.38 bits per heavy atom. The van der Waals surface area contributed by atoms with E-state index in [4.69, 9.17) is 21.4 Å². The molecule has 0 amide bonds. The Hall–Kier alpha value is -1.26. The number of rotatable bonds is 5. The van der Waals surface area contributed by atoms with Crippen LogP contribution in [0.2, 0.25) is 5.02 Å². The first-order chi connectivity index (χ1) is 9.90. The number of carboxylic acids is 1. The summed E-state index contributed by atoms with van der Waals surface area (Å²) >= 11 is 6.08. The van der Waals surface area contributed by atoms with Gasteiger partial charge in [-0.25, -0.2) is 4.79 Å². The molecule has 0 spiro atoms. The van der Waals surface area contributed by atoms with Gasteiger partial charge in [0.2, 0.25) is 0 Å². The molecule has 4 nitrogen and oxygen atoms in total. The number of benzene rings is 1. The van der Waals surface area contributed by atoms with Crippen LogP contribution < -0.4 is 4.74 Å². The monoisotopic (exact) mass is 312 g/mol. The molecule has 0 radical (unpaired) electrons. The van der Waals surface area contributed by atoms with E-state index in [1.54, 1.807) is 12.1 Å². The van der Waals surface area contributed by atoms with E-state index in [0.717, 1.165) is 18.4 Å². The number of halogens is 1. The molecule has 5 heteroatoms. The minimum Gasteiger partial charge on any atom is -0.490 e. The van der Waals surface area contributed by atoms with Gasteiger partial charge in [-0.05, 0) is 49.4 Å². The summed E-state index contributed by atoms with van der Waals surface area (Å²) < 4.78 is 5.58. The standard InChI is InChI=1S/C16H21ClO4/c1-16(20,15(18)19)10-21-14-8-7-12(17)9-13(14)11-5-3-2-4-6-11/h7-9,11,20H,2-6,10H2,1H3,(H,18,19). The number of hydrogen-bond acceptors (Lipinski definition) is 3. The molecule has 1 fully saturated rings. The first-order valence-electron chi connectivity index (χ1n) is 7.28. The molecule has 1 aliphatic rings. The molecule has 2 N–H and O–H groups in total. The molecule has 1 aliphatic carbocycles. The van der Waals surface area contributed by atoms with Crippen LogP contribution in [0.1, 0.15) is 50.5 Å². The van der Waals surface area contributed by atoms with Crippen LogP contribution in [-0.4, -0.2) is 28.4 Å². The molecule has 2 rings (SSSR count). The quantitative estimate of drug-likeness (QED) is 0.871. The zero-order valence-corrected chi connectivity index (χ0v) is 12.9. The lowest BCUT2D eigenvalue weighted by Crippen LogP contribution is -2.41. The highest BCUT2D eigenvalue weighted by Crippen LogP contribution is 2.38. The van der Waals surface area contributed by atoms with Gasteiger partial charge in [0, 0.05) is 5.02 Å². The van der Waals surface area contributed by atoms with E-state index in [9.17, 15) is 9.90 Å². The largest absolute Gasteiger partial charge is 0.490 e. The zero-order chi connectivity index (χ0) is 15.5. The maximum absolute atomic E-state index is 10.9. The molecule has 0 aromatic heterocycles. The number of aliphatic hydroxyl groups is 1. The van der Waals surface area contributed by atoms with Crippen LogP contribution in [0.4, 0.5) is 0 Å². The first-order valence-corrected chi connectivity index (χ1v) is 7.66. The lowest BCUT2D eigenvalue weighted by atomic mass is 9.83. The summed E-state index contributed by atoms with van der Waals surface area (Å²) in [5.41, 5.74) is -0.882. The summed E-state index contributed by atoms with van der Waals surface area (Å²) in [7, 11) is 0. The van der Waals surface area contributed by atoms with Crippen molar-refractivity contribution < 1.29 is 19.7 Å². The number of hydrogen-bond donors (Lipinski definition) is 2. The summed E-state index contributed by atoms with van der Waals surface area (Å²) in [6.45, 7) is 0.940. The molecule has 116 valence electrons. The van der Waals surface area contributed by atoms with Crippen LogP contribution >= 0.6 is 11.6 Å². The van der Waals surface area contributed by atoms with Gasteiger partial charge in [0.25, 0.3) is 0 Å². The van der Waals surface area contributed by atoms with E-state index in [1.807, 2.05) is 6.07 Å². The Kier molecular flexibility index (Phi) is 5.12. The molecular weight excluding hydrogens is 292 g/mol. The van der Waals surface area contributed by atoms with Gasteiger partial charge in [-0.2, -0.15) is 0 Å². The van der Waals surface area contributed by atoms with Gasteiger partial charge >= 0.3 is 5.97 Å². The highest BCUT2D eigenvalue weighted by molar-refractivity contribution is 6.30. The smallest absolute Gasteiger partial charge is 0.339 e. The van der Waals surface area contributed by atoms with E-state index in [0.29, 0.717) is 16.7 Å². The zero-order valence-electron chi connectivity index (χ0n) is 12.1. The third kappa shape index (κ3) is 4.11. The second kappa shape index (κ2) is 6.67. The van der Waals surface area contributed by atoms with E-state index in [1.165, 1.54) is 26.2 Å². The van der Waals surface area contributed by atoms with Crippen molar-refractivity contribution in [3.05, 3.63) is 28.8 Å². The Labute approximate surface area is 129 Å². The minimum absolute atomic E-state index is 0.288. The lowest BCUT2D eigenvalue weighted by molar-refractivity contribution is -0.159. The Bertz CT molecular complexity index is 507. The van der Waals surface area contributed by atoms with Crippen LogP contribution in [0.3, 0.4) is 0 Å². The molecule has 1 unspecified atom stereocenters. The molecule has 0 saturated heterocycles. The van der Waals surface area contributed by atoms with E-state index in [2.05, 4.69) is 0 Å². The molecule has 1 saturated carbocycles. The van der Waals surface area contributed by atoms with Gasteiger partial charge < -0.3 is 14.9 Å². The summed E-state index contributed by atoms with van der Waals surface area (Å²) in [5.74, 6) is -0.286. The summed E-state index contributed by atoms with van der Waals surface area (Å²) in [5, 5.41) is 19.3. The van der Waals surface area contributed by atoms with Gasteiger partial charge in [0.1, 0.15) is 12.4 Å². The van der Waals surface area contributed by atoms with Gasteiger partial charge in [-0.1, -0.05) is 30.9 Å². The van der Waals surface area contributed by atoms with Crippen molar-refractivity contribution in [2.24, 2.45) is 0 Å². The Morgan fingerprint density at radius 3 is 2.67 bits per heavy atom. The van der Waals surface area contributed by atoms with Crippen LogP contribution in [0, 0.1) is 0 Å². The Morgan fingerprint density at radius 2 is 2.05 bits per heavy atom. The van der Waals surface area contributed by atoms with E-state index < -0.39 is 11.6 Å². The molecule has 21 heavy (non-hydrogen) atoms. The third-order valence-electron chi connectivity index (χ3n) is 3.99. The van der Waals surface area contributed by atoms with Crippen LogP contribution in [0.5, 0.6) is 5.75 Å². The Balaban J connectivity index is 2.17. The number of carboxylic acid groups (broad SMARTS) is 1. The highest BCUT2D eigenvalue weighted by Gasteiger charge is 2.31. The average molecular weight is 313 g/mol. The number of aliphatic carboxylic acids is 1. The maximum Gasteiger partial charge on any atom is 0.339 e. The predicted octanol–water partition coefficient (Wildman–Crippen LogP) is 3.60. The van der Waals surface area contributed by atoms with E-state index >= 15 is 0 Å². The van der Waals surface area contributed by atoms with Crippen molar-refractivity contribution in [2.75, 3.05) is 6.61 Å². The number of ether oxygens (including phenoxy) is 1. The second-order valence-electron chi connectivity index (χ2n) is 5.88. The van der Waals surface area contributed by atoms with Gasteiger partial charge in [0.05, 0.1) is 0 Å². The molecule has 1 aromatic carbocycles. The topological polar surface area (TPSA) is 66.8 Å². The average Bonchev–Trinajstić information content (AvgIpc) is 2.46. The van der Waals surface area contributed by atoms with Crippen molar-refractivity contribution in [1.82, 2.24) is 0 Å². The van der Waals surface area contributed by atoms with Crippen molar-refractivity contribution in [1.29, 1.82) is 0 Å². The van der Waals surface area contributed by atoms with Crippen molar-refractivity contribution in [3.8, 4) is 5.75 Å². The van der Waals surface area contributed by atoms with Crippen molar-refractivity contribution >= 4 is 17.6 Å². The second-order valence-corrected chi connectivity index (χ2v) is 6.32.